The van der Waals surface area contributed by atoms with Gasteiger partial charge in [0.1, 0.15) is 6.33 Å². The molecule has 0 amide bonds. The summed E-state index contributed by atoms with van der Waals surface area (Å²) < 4.78 is 3.90. The second-order valence-electron chi connectivity index (χ2n) is 3.21. The fourth-order valence-electron chi connectivity index (χ4n) is 0.957. The van der Waals surface area contributed by atoms with Crippen LogP contribution >= 0.6 is 11.5 Å². The van der Waals surface area contributed by atoms with E-state index in [2.05, 4.69) is 28.5 Å². The van der Waals surface area contributed by atoms with Crippen molar-refractivity contribution >= 4 is 16.7 Å². The average molecular weight is 185 g/mol. The molecule has 0 fully saturated rings. The third-order valence-corrected chi connectivity index (χ3v) is 2.22. The fraction of sp³-hybridized carbons (Fsp3) is 0.750. The zero-order valence-electron chi connectivity index (χ0n) is 7.58. The molecule has 1 N–H and O–H groups in total. The van der Waals surface area contributed by atoms with Crippen LogP contribution < -0.4 is 5.32 Å². The van der Waals surface area contributed by atoms with Crippen LogP contribution in [0.5, 0.6) is 0 Å². The highest BCUT2D eigenvalue weighted by Crippen LogP contribution is 2.08. The smallest absolute Gasteiger partial charge is 0.202 e. The van der Waals surface area contributed by atoms with Crippen molar-refractivity contribution in [1.82, 2.24) is 9.36 Å². The molecule has 0 radical (unpaired) electrons. The highest BCUT2D eigenvalue weighted by Gasteiger charge is 1.95. The number of hydrogen-bond acceptors (Lipinski definition) is 4. The first kappa shape index (κ1) is 9.45. The molecule has 0 saturated carbocycles. The van der Waals surface area contributed by atoms with E-state index in [-0.39, 0.29) is 0 Å². The van der Waals surface area contributed by atoms with E-state index in [1.165, 1.54) is 24.4 Å². The number of rotatable bonds is 5. The fourth-order valence-corrected chi connectivity index (χ4v) is 1.41. The molecular weight excluding hydrogens is 170 g/mol. The number of hydrogen-bond donors (Lipinski definition) is 1. The summed E-state index contributed by atoms with van der Waals surface area (Å²) in [5, 5.41) is 4.15. The van der Waals surface area contributed by atoms with Crippen LogP contribution in [-0.4, -0.2) is 15.9 Å². The molecule has 0 aliphatic heterocycles. The molecule has 1 heterocycles. The maximum atomic E-state index is 4.03. The van der Waals surface area contributed by atoms with Crippen molar-refractivity contribution in [3.05, 3.63) is 6.33 Å². The lowest BCUT2D eigenvalue weighted by molar-refractivity contribution is 0.567. The van der Waals surface area contributed by atoms with Crippen LogP contribution in [0.4, 0.5) is 5.13 Å². The lowest BCUT2D eigenvalue weighted by Crippen LogP contribution is -2.02. The summed E-state index contributed by atoms with van der Waals surface area (Å²) in [5.74, 6) is 0.793. The zero-order chi connectivity index (χ0) is 8.81. The molecule has 0 bridgehead atoms. The van der Waals surface area contributed by atoms with Crippen LogP contribution in [0, 0.1) is 5.92 Å². The number of nitrogens with zero attached hydrogens (tertiary/aromatic N) is 2. The SMILES string of the molecule is CC(C)CCCNc1ncns1. The van der Waals surface area contributed by atoms with Crippen LogP contribution in [0.25, 0.3) is 0 Å². The second kappa shape index (κ2) is 5.09. The van der Waals surface area contributed by atoms with Crippen molar-refractivity contribution in [3.63, 3.8) is 0 Å². The highest BCUT2D eigenvalue weighted by atomic mass is 32.1. The Morgan fingerprint density at radius 3 is 3.00 bits per heavy atom. The predicted molar refractivity (Wildman–Crippen MR) is 52.5 cm³/mol. The maximum absolute atomic E-state index is 4.03. The minimum atomic E-state index is 0.793. The van der Waals surface area contributed by atoms with Crippen molar-refractivity contribution < 1.29 is 0 Å². The van der Waals surface area contributed by atoms with E-state index in [1.807, 2.05) is 0 Å². The monoisotopic (exact) mass is 185 g/mol. The zero-order valence-corrected chi connectivity index (χ0v) is 8.40. The number of anilines is 1. The van der Waals surface area contributed by atoms with Crippen molar-refractivity contribution in [2.75, 3.05) is 11.9 Å². The molecule has 0 atom stereocenters. The Hall–Kier alpha value is -0.640. The third kappa shape index (κ3) is 3.67. The number of nitrogens with one attached hydrogen (secondary N) is 1. The van der Waals surface area contributed by atoms with E-state index in [0.717, 1.165) is 17.6 Å². The molecule has 0 aliphatic carbocycles. The summed E-state index contributed by atoms with van der Waals surface area (Å²) in [4.78, 5) is 4.03. The van der Waals surface area contributed by atoms with Crippen molar-refractivity contribution in [1.29, 1.82) is 0 Å². The van der Waals surface area contributed by atoms with Crippen LogP contribution in [0.3, 0.4) is 0 Å². The van der Waals surface area contributed by atoms with Gasteiger partial charge in [0.25, 0.3) is 0 Å². The summed E-state index contributed by atoms with van der Waals surface area (Å²) in [7, 11) is 0. The van der Waals surface area contributed by atoms with E-state index >= 15 is 0 Å². The normalized spacial score (nSPS) is 10.6. The Bertz CT molecular complexity index is 196. The van der Waals surface area contributed by atoms with Crippen molar-refractivity contribution in [3.8, 4) is 0 Å². The van der Waals surface area contributed by atoms with Gasteiger partial charge in [0.15, 0.2) is 0 Å². The lowest BCUT2D eigenvalue weighted by atomic mass is 10.1. The molecule has 68 valence electrons. The Balaban J connectivity index is 2.04. The molecule has 1 aromatic rings. The molecule has 3 nitrogen and oxygen atoms in total. The van der Waals surface area contributed by atoms with Gasteiger partial charge < -0.3 is 5.32 Å². The van der Waals surface area contributed by atoms with Crippen LogP contribution in [0.2, 0.25) is 0 Å². The first-order valence-electron chi connectivity index (χ1n) is 4.29. The molecule has 4 heteroatoms. The first-order valence-corrected chi connectivity index (χ1v) is 5.07. The Morgan fingerprint density at radius 1 is 1.58 bits per heavy atom. The first-order chi connectivity index (χ1) is 5.79. The molecular formula is C8H15N3S. The Morgan fingerprint density at radius 2 is 2.42 bits per heavy atom. The minimum absolute atomic E-state index is 0.793. The summed E-state index contributed by atoms with van der Waals surface area (Å²) in [6.45, 7) is 5.49. The van der Waals surface area contributed by atoms with Crippen molar-refractivity contribution in [2.24, 2.45) is 5.92 Å². The summed E-state index contributed by atoms with van der Waals surface area (Å²) in [6, 6.07) is 0. The molecule has 1 aromatic heterocycles. The van der Waals surface area contributed by atoms with Gasteiger partial charge in [0.05, 0.1) is 0 Å². The summed E-state index contributed by atoms with van der Waals surface area (Å²) in [6.07, 6.45) is 4.05. The second-order valence-corrected chi connectivity index (χ2v) is 3.99. The lowest BCUT2D eigenvalue weighted by Gasteiger charge is -2.04. The van der Waals surface area contributed by atoms with Gasteiger partial charge in [0.2, 0.25) is 5.13 Å². The predicted octanol–water partition coefficient (Wildman–Crippen LogP) is 2.39. The molecule has 0 aromatic carbocycles. The van der Waals surface area contributed by atoms with Crippen LogP contribution in [-0.2, 0) is 0 Å². The molecule has 1 rings (SSSR count). The molecule has 0 saturated heterocycles. The van der Waals surface area contributed by atoms with Gasteiger partial charge in [-0.05, 0) is 18.8 Å². The van der Waals surface area contributed by atoms with Gasteiger partial charge in [-0.3, -0.25) is 0 Å². The minimum Gasteiger partial charge on any atom is -0.360 e. The van der Waals surface area contributed by atoms with Gasteiger partial charge in [0, 0.05) is 18.1 Å². The highest BCUT2D eigenvalue weighted by molar-refractivity contribution is 7.09. The standard InChI is InChI=1S/C8H15N3S/c1-7(2)4-3-5-9-8-10-6-11-12-8/h6-7H,3-5H2,1-2H3,(H,9,10,11). The molecule has 12 heavy (non-hydrogen) atoms. The molecule has 0 unspecified atom stereocenters. The summed E-state index contributed by atoms with van der Waals surface area (Å²) >= 11 is 1.41. The maximum Gasteiger partial charge on any atom is 0.202 e. The van der Waals surface area contributed by atoms with Gasteiger partial charge in [-0.15, -0.1) is 0 Å². The van der Waals surface area contributed by atoms with Crippen LogP contribution in [0.15, 0.2) is 6.33 Å². The molecule has 0 spiro atoms. The van der Waals surface area contributed by atoms with Crippen molar-refractivity contribution in [2.45, 2.75) is 26.7 Å². The van der Waals surface area contributed by atoms with E-state index in [9.17, 15) is 0 Å². The van der Waals surface area contributed by atoms with Gasteiger partial charge in [-0.25, -0.2) is 4.98 Å². The molecule has 0 aliphatic rings. The van der Waals surface area contributed by atoms with E-state index in [1.54, 1.807) is 6.33 Å². The van der Waals surface area contributed by atoms with E-state index < -0.39 is 0 Å². The topological polar surface area (TPSA) is 37.8 Å². The Kier molecular flexibility index (Phi) is 4.00. The average Bonchev–Trinajstić information content (AvgIpc) is 2.49. The number of aromatic nitrogens is 2. The third-order valence-electron chi connectivity index (χ3n) is 1.60. The quantitative estimate of drug-likeness (QED) is 0.716. The van der Waals surface area contributed by atoms with E-state index in [0.29, 0.717) is 0 Å². The van der Waals surface area contributed by atoms with Gasteiger partial charge in [-0.2, -0.15) is 4.37 Å². The summed E-state index contributed by atoms with van der Waals surface area (Å²) in [5.41, 5.74) is 0. The Labute approximate surface area is 77.4 Å². The van der Waals surface area contributed by atoms with Crippen LogP contribution in [0.1, 0.15) is 26.7 Å². The largest absolute Gasteiger partial charge is 0.360 e. The van der Waals surface area contributed by atoms with Gasteiger partial charge in [-0.1, -0.05) is 13.8 Å². The van der Waals surface area contributed by atoms with E-state index in [4.69, 9.17) is 0 Å². The van der Waals surface area contributed by atoms with Gasteiger partial charge >= 0.3 is 0 Å².